The van der Waals surface area contributed by atoms with Gasteiger partial charge in [-0.1, -0.05) is 48.5 Å². The molecule has 0 saturated carbocycles. The SMILES string of the molecule is COc1ccc(CC(=O)OCC(=O)N2CC=C(c3ccccc3)CC2)cc1. The molecule has 0 unspecified atom stereocenters. The lowest BCUT2D eigenvalue weighted by Gasteiger charge is -2.26. The number of carbonyl (C=O) groups is 2. The largest absolute Gasteiger partial charge is 0.497 e. The second-order valence-corrected chi connectivity index (χ2v) is 6.37. The minimum atomic E-state index is -0.411. The molecule has 2 aromatic rings. The smallest absolute Gasteiger partial charge is 0.310 e. The van der Waals surface area contributed by atoms with Crippen molar-refractivity contribution >= 4 is 17.4 Å². The van der Waals surface area contributed by atoms with Gasteiger partial charge in [0, 0.05) is 13.1 Å². The molecule has 0 aliphatic carbocycles. The molecule has 27 heavy (non-hydrogen) atoms. The molecule has 0 aromatic heterocycles. The van der Waals surface area contributed by atoms with E-state index >= 15 is 0 Å². The standard InChI is InChI=1S/C22H23NO4/c1-26-20-9-7-17(8-10-20)15-22(25)27-16-21(24)23-13-11-19(12-14-23)18-5-3-2-4-6-18/h2-11H,12-16H2,1H3. The molecule has 1 amide bonds. The molecule has 0 fully saturated rings. The number of amides is 1. The van der Waals surface area contributed by atoms with E-state index in [1.165, 1.54) is 11.1 Å². The Labute approximate surface area is 159 Å². The minimum Gasteiger partial charge on any atom is -0.497 e. The van der Waals surface area contributed by atoms with Crippen LogP contribution in [0.2, 0.25) is 0 Å². The molecule has 5 nitrogen and oxygen atoms in total. The molecule has 0 atom stereocenters. The highest BCUT2D eigenvalue weighted by atomic mass is 16.5. The monoisotopic (exact) mass is 365 g/mol. The van der Waals surface area contributed by atoms with Crippen LogP contribution >= 0.6 is 0 Å². The molecule has 140 valence electrons. The van der Waals surface area contributed by atoms with E-state index in [2.05, 4.69) is 18.2 Å². The van der Waals surface area contributed by atoms with E-state index in [0.717, 1.165) is 17.7 Å². The van der Waals surface area contributed by atoms with Gasteiger partial charge >= 0.3 is 5.97 Å². The lowest BCUT2D eigenvalue weighted by molar-refractivity contribution is -0.151. The Hall–Kier alpha value is -3.08. The topological polar surface area (TPSA) is 55.8 Å². The van der Waals surface area contributed by atoms with Gasteiger partial charge in [0.2, 0.25) is 0 Å². The van der Waals surface area contributed by atoms with Gasteiger partial charge < -0.3 is 14.4 Å². The maximum absolute atomic E-state index is 12.3. The Balaban J connectivity index is 1.45. The van der Waals surface area contributed by atoms with Crippen molar-refractivity contribution in [1.82, 2.24) is 4.90 Å². The zero-order valence-corrected chi connectivity index (χ0v) is 15.4. The summed E-state index contributed by atoms with van der Waals surface area (Å²) in [6.45, 7) is 0.957. The molecule has 1 aliphatic rings. The normalized spacial score (nSPS) is 13.7. The molecular formula is C22H23NO4. The molecule has 0 spiro atoms. The second kappa shape index (κ2) is 9.03. The summed E-state index contributed by atoms with van der Waals surface area (Å²) in [5, 5.41) is 0. The van der Waals surface area contributed by atoms with E-state index in [9.17, 15) is 9.59 Å². The van der Waals surface area contributed by atoms with Gasteiger partial charge in [-0.3, -0.25) is 9.59 Å². The lowest BCUT2D eigenvalue weighted by atomic mass is 10.00. The van der Waals surface area contributed by atoms with Gasteiger partial charge in [-0.2, -0.15) is 0 Å². The number of hydrogen-bond donors (Lipinski definition) is 0. The van der Waals surface area contributed by atoms with Crippen molar-refractivity contribution in [1.29, 1.82) is 0 Å². The predicted molar refractivity (Wildman–Crippen MR) is 103 cm³/mol. The molecule has 0 N–H and O–H groups in total. The Bertz CT molecular complexity index is 812. The van der Waals surface area contributed by atoms with Crippen LogP contribution in [0, 0.1) is 0 Å². The summed E-state index contributed by atoms with van der Waals surface area (Å²) >= 11 is 0. The number of methoxy groups -OCH3 is 1. The summed E-state index contributed by atoms with van der Waals surface area (Å²) in [5.74, 6) is 0.155. The second-order valence-electron chi connectivity index (χ2n) is 6.37. The molecule has 0 radical (unpaired) electrons. The molecular weight excluding hydrogens is 342 g/mol. The van der Waals surface area contributed by atoms with Crippen molar-refractivity contribution in [3.05, 3.63) is 71.8 Å². The summed E-state index contributed by atoms with van der Waals surface area (Å²) in [7, 11) is 1.59. The van der Waals surface area contributed by atoms with E-state index in [1.807, 2.05) is 30.3 Å². The molecule has 0 bridgehead atoms. The first kappa shape index (κ1) is 18.7. The van der Waals surface area contributed by atoms with Crippen molar-refractivity contribution in [2.24, 2.45) is 0 Å². The summed E-state index contributed by atoms with van der Waals surface area (Å²) in [6.07, 6.45) is 3.00. The van der Waals surface area contributed by atoms with Crippen LogP contribution in [0.5, 0.6) is 5.75 Å². The van der Waals surface area contributed by atoms with Crippen LogP contribution < -0.4 is 4.74 Å². The van der Waals surface area contributed by atoms with Crippen molar-refractivity contribution in [3.63, 3.8) is 0 Å². The van der Waals surface area contributed by atoms with Crippen molar-refractivity contribution in [2.75, 3.05) is 26.8 Å². The van der Waals surface area contributed by atoms with Crippen molar-refractivity contribution in [3.8, 4) is 5.75 Å². The van der Waals surface area contributed by atoms with Gasteiger partial charge in [0.05, 0.1) is 13.5 Å². The van der Waals surface area contributed by atoms with E-state index in [-0.39, 0.29) is 18.9 Å². The first-order valence-corrected chi connectivity index (χ1v) is 8.96. The zero-order chi connectivity index (χ0) is 19.1. The van der Waals surface area contributed by atoms with Gasteiger partial charge in [-0.25, -0.2) is 0 Å². The van der Waals surface area contributed by atoms with Crippen LogP contribution in [-0.2, 0) is 20.7 Å². The zero-order valence-electron chi connectivity index (χ0n) is 15.4. The van der Waals surface area contributed by atoms with E-state index in [1.54, 1.807) is 24.1 Å². The number of carbonyl (C=O) groups excluding carboxylic acids is 2. The molecule has 3 rings (SSSR count). The average molecular weight is 365 g/mol. The Morgan fingerprint density at radius 2 is 1.78 bits per heavy atom. The lowest BCUT2D eigenvalue weighted by Crippen LogP contribution is -2.37. The van der Waals surface area contributed by atoms with Crippen molar-refractivity contribution < 1.29 is 19.1 Å². The Kier molecular flexibility index (Phi) is 6.26. The molecule has 5 heteroatoms. The van der Waals surface area contributed by atoms with E-state index in [4.69, 9.17) is 9.47 Å². The van der Waals surface area contributed by atoms with E-state index in [0.29, 0.717) is 13.1 Å². The van der Waals surface area contributed by atoms with Crippen LogP contribution in [0.25, 0.3) is 5.57 Å². The average Bonchev–Trinajstić information content (AvgIpc) is 2.73. The van der Waals surface area contributed by atoms with Crippen molar-refractivity contribution in [2.45, 2.75) is 12.8 Å². The Morgan fingerprint density at radius 3 is 2.41 bits per heavy atom. The summed E-state index contributed by atoms with van der Waals surface area (Å²) < 4.78 is 10.2. The summed E-state index contributed by atoms with van der Waals surface area (Å²) in [4.78, 5) is 26.0. The number of nitrogens with zero attached hydrogens (tertiary/aromatic N) is 1. The number of esters is 1. The highest BCUT2D eigenvalue weighted by Crippen LogP contribution is 2.22. The quantitative estimate of drug-likeness (QED) is 0.738. The predicted octanol–water partition coefficient (Wildman–Crippen LogP) is 3.10. The molecule has 2 aromatic carbocycles. The Morgan fingerprint density at radius 1 is 1.04 bits per heavy atom. The van der Waals surface area contributed by atoms with Gasteiger partial charge in [0.1, 0.15) is 5.75 Å². The van der Waals surface area contributed by atoms with Gasteiger partial charge in [-0.05, 0) is 35.3 Å². The van der Waals surface area contributed by atoms with Crippen LogP contribution in [0.1, 0.15) is 17.5 Å². The fourth-order valence-electron chi connectivity index (χ4n) is 3.00. The summed E-state index contributed by atoms with van der Waals surface area (Å²) in [5.41, 5.74) is 3.26. The first-order valence-electron chi connectivity index (χ1n) is 8.96. The number of benzene rings is 2. The van der Waals surface area contributed by atoms with Gasteiger partial charge in [-0.15, -0.1) is 0 Å². The van der Waals surface area contributed by atoms with Crippen LogP contribution in [0.15, 0.2) is 60.7 Å². The molecule has 1 heterocycles. The maximum Gasteiger partial charge on any atom is 0.310 e. The fraction of sp³-hybridized carbons (Fsp3) is 0.273. The first-order chi connectivity index (χ1) is 13.2. The third-order valence-electron chi connectivity index (χ3n) is 4.57. The van der Waals surface area contributed by atoms with E-state index < -0.39 is 5.97 Å². The van der Waals surface area contributed by atoms with Gasteiger partial charge in [0.15, 0.2) is 6.61 Å². The molecule has 1 aliphatic heterocycles. The number of rotatable bonds is 6. The summed E-state index contributed by atoms with van der Waals surface area (Å²) in [6, 6.07) is 17.4. The third-order valence-corrected chi connectivity index (χ3v) is 4.57. The van der Waals surface area contributed by atoms with Crippen LogP contribution in [0.3, 0.4) is 0 Å². The number of hydrogen-bond acceptors (Lipinski definition) is 4. The third kappa shape index (κ3) is 5.20. The number of ether oxygens (including phenoxy) is 2. The maximum atomic E-state index is 12.3. The highest BCUT2D eigenvalue weighted by molar-refractivity contribution is 5.82. The molecule has 0 saturated heterocycles. The van der Waals surface area contributed by atoms with Crippen LogP contribution in [-0.4, -0.2) is 43.6 Å². The highest BCUT2D eigenvalue weighted by Gasteiger charge is 2.19. The fourth-order valence-corrected chi connectivity index (χ4v) is 3.00. The van der Waals surface area contributed by atoms with Gasteiger partial charge in [0.25, 0.3) is 5.91 Å². The van der Waals surface area contributed by atoms with Crippen LogP contribution in [0.4, 0.5) is 0 Å². The minimum absolute atomic E-state index is 0.134.